The molecule has 0 saturated heterocycles. The van der Waals surface area contributed by atoms with Crippen molar-refractivity contribution in [2.24, 2.45) is 5.73 Å². The Kier molecular flexibility index (Phi) is 6.00. The van der Waals surface area contributed by atoms with Crippen LogP contribution in [0.1, 0.15) is 24.0 Å². The van der Waals surface area contributed by atoms with E-state index in [-0.39, 0.29) is 0 Å². The van der Waals surface area contributed by atoms with Gasteiger partial charge in [0, 0.05) is 16.5 Å². The van der Waals surface area contributed by atoms with Crippen molar-refractivity contribution < 1.29 is 17.9 Å². The number of para-hydroxylation sites is 2. The van der Waals surface area contributed by atoms with Crippen molar-refractivity contribution in [1.82, 2.24) is 4.98 Å². The number of aromatic nitrogens is 1. The Morgan fingerprint density at radius 1 is 0.871 bits per heavy atom. The lowest BCUT2D eigenvalue weighted by Gasteiger charge is -2.12. The minimum absolute atomic E-state index is 0.541. The Balaban J connectivity index is 1.84. The summed E-state index contributed by atoms with van der Waals surface area (Å²) < 4.78 is 46.1. The topological polar surface area (TPSA) is 51.0 Å². The summed E-state index contributed by atoms with van der Waals surface area (Å²) in [4.78, 5) is 3.33. The monoisotopic (exact) mass is 424 g/mol. The molecular weight excluding hydrogens is 401 g/mol. The van der Waals surface area contributed by atoms with Gasteiger partial charge >= 0.3 is 6.18 Å². The lowest BCUT2D eigenvalue weighted by molar-refractivity contribution is -0.137. The van der Waals surface area contributed by atoms with Crippen LogP contribution in [0.3, 0.4) is 0 Å². The Morgan fingerprint density at radius 3 is 2.35 bits per heavy atom. The largest absolute Gasteiger partial charge is 0.457 e. The number of H-pyrrole nitrogens is 1. The molecule has 0 aliphatic carbocycles. The number of aryl methyl sites for hydroxylation is 1. The van der Waals surface area contributed by atoms with Crippen LogP contribution in [0.25, 0.3) is 22.2 Å². The summed E-state index contributed by atoms with van der Waals surface area (Å²) >= 11 is 0. The molecule has 3 N–H and O–H groups in total. The molecule has 160 valence electrons. The lowest BCUT2D eigenvalue weighted by atomic mass is 9.98. The molecule has 0 unspecified atom stereocenters. The van der Waals surface area contributed by atoms with Crippen molar-refractivity contribution in [2.45, 2.75) is 25.4 Å². The highest BCUT2D eigenvalue weighted by Gasteiger charge is 2.31. The van der Waals surface area contributed by atoms with Crippen LogP contribution in [0.5, 0.6) is 11.5 Å². The van der Waals surface area contributed by atoms with Crippen molar-refractivity contribution >= 4 is 10.9 Å². The molecular formula is C25H23F3N2O. The number of fused-ring (bicyclic) bond motifs is 1. The smallest absolute Gasteiger partial charge is 0.416 e. The van der Waals surface area contributed by atoms with E-state index in [1.165, 1.54) is 12.1 Å². The van der Waals surface area contributed by atoms with E-state index in [0.717, 1.165) is 35.7 Å². The highest BCUT2D eigenvalue weighted by molar-refractivity contribution is 5.92. The van der Waals surface area contributed by atoms with Gasteiger partial charge in [-0.3, -0.25) is 0 Å². The number of ether oxygens (including phenoxy) is 1. The van der Waals surface area contributed by atoms with E-state index in [1.54, 1.807) is 0 Å². The lowest BCUT2D eigenvalue weighted by Crippen LogP contribution is -2.04. The number of alkyl halides is 3. The van der Waals surface area contributed by atoms with E-state index in [0.29, 0.717) is 35.4 Å². The predicted octanol–water partition coefficient (Wildman–Crippen LogP) is 6.93. The van der Waals surface area contributed by atoms with Gasteiger partial charge in [-0.15, -0.1) is 0 Å². The second kappa shape index (κ2) is 8.86. The van der Waals surface area contributed by atoms with Gasteiger partial charge < -0.3 is 15.5 Å². The zero-order chi connectivity index (χ0) is 21.8. The molecule has 0 aliphatic heterocycles. The summed E-state index contributed by atoms with van der Waals surface area (Å²) in [5.74, 6) is 1.33. The SMILES string of the molecule is NCCCCc1c(-c2ccccc2Oc2ccccc2)[nH]c2ccc(C(F)(F)F)cc12. The number of hydrogen-bond donors (Lipinski definition) is 2. The van der Waals surface area contributed by atoms with E-state index in [2.05, 4.69) is 4.98 Å². The van der Waals surface area contributed by atoms with Crippen molar-refractivity contribution in [3.8, 4) is 22.8 Å². The Labute approximate surface area is 178 Å². The number of aromatic amines is 1. The number of rotatable bonds is 7. The number of nitrogens with two attached hydrogens (primary N) is 1. The van der Waals surface area contributed by atoms with Gasteiger partial charge in [0.2, 0.25) is 0 Å². The Morgan fingerprint density at radius 2 is 1.61 bits per heavy atom. The molecule has 3 nitrogen and oxygen atoms in total. The minimum atomic E-state index is -4.39. The number of unbranched alkanes of at least 4 members (excludes halogenated alkanes) is 1. The van der Waals surface area contributed by atoms with Gasteiger partial charge in [0.25, 0.3) is 0 Å². The van der Waals surface area contributed by atoms with Crippen molar-refractivity contribution in [2.75, 3.05) is 6.54 Å². The first-order valence-corrected chi connectivity index (χ1v) is 10.2. The van der Waals surface area contributed by atoms with Crippen LogP contribution in [0.2, 0.25) is 0 Å². The van der Waals surface area contributed by atoms with E-state index in [4.69, 9.17) is 10.5 Å². The van der Waals surface area contributed by atoms with Gasteiger partial charge in [-0.25, -0.2) is 0 Å². The quantitative estimate of drug-likeness (QED) is 0.316. The molecule has 4 aromatic rings. The molecule has 6 heteroatoms. The maximum absolute atomic E-state index is 13.3. The van der Waals surface area contributed by atoms with E-state index in [9.17, 15) is 13.2 Å². The molecule has 0 radical (unpaired) electrons. The maximum atomic E-state index is 13.3. The molecule has 0 fully saturated rings. The Bertz CT molecular complexity index is 1170. The Hall–Kier alpha value is -3.25. The van der Waals surface area contributed by atoms with Gasteiger partial charge in [0.05, 0.1) is 11.3 Å². The summed E-state index contributed by atoms with van der Waals surface area (Å²) in [6.07, 6.45) is -2.19. The predicted molar refractivity (Wildman–Crippen MR) is 117 cm³/mol. The molecule has 0 atom stereocenters. The first-order valence-electron chi connectivity index (χ1n) is 10.2. The molecule has 31 heavy (non-hydrogen) atoms. The van der Waals surface area contributed by atoms with Crippen LogP contribution in [-0.4, -0.2) is 11.5 Å². The zero-order valence-electron chi connectivity index (χ0n) is 16.9. The summed E-state index contributed by atoms with van der Waals surface area (Å²) in [7, 11) is 0. The van der Waals surface area contributed by atoms with Crippen molar-refractivity contribution in [3.05, 3.63) is 83.9 Å². The standard InChI is InChI=1S/C25H23F3N2O/c26-25(27,28)17-13-14-22-21(16-17)19(10-6-7-15-29)24(30-22)20-11-4-5-12-23(20)31-18-8-2-1-3-9-18/h1-5,8-9,11-14,16,30H,6-7,10,15,29H2. The van der Waals surface area contributed by atoms with Crippen LogP contribution in [0.4, 0.5) is 13.2 Å². The second-order valence-corrected chi connectivity index (χ2v) is 7.39. The summed E-state index contributed by atoms with van der Waals surface area (Å²) in [5, 5.41) is 0.580. The van der Waals surface area contributed by atoms with E-state index >= 15 is 0 Å². The highest BCUT2D eigenvalue weighted by atomic mass is 19.4. The zero-order valence-corrected chi connectivity index (χ0v) is 16.9. The fourth-order valence-corrected chi connectivity index (χ4v) is 3.74. The number of nitrogens with one attached hydrogen (secondary N) is 1. The number of halogens is 3. The molecule has 0 saturated carbocycles. The van der Waals surface area contributed by atoms with Gasteiger partial charge in [0.15, 0.2) is 0 Å². The number of benzene rings is 3. The summed E-state index contributed by atoms with van der Waals surface area (Å²) in [5.41, 5.74) is 8.08. The normalized spacial score (nSPS) is 11.7. The van der Waals surface area contributed by atoms with Crippen LogP contribution in [-0.2, 0) is 12.6 Å². The fourth-order valence-electron chi connectivity index (χ4n) is 3.74. The van der Waals surface area contributed by atoms with Gasteiger partial charge in [0.1, 0.15) is 11.5 Å². The van der Waals surface area contributed by atoms with Gasteiger partial charge in [-0.2, -0.15) is 13.2 Å². The van der Waals surface area contributed by atoms with Crippen molar-refractivity contribution in [1.29, 1.82) is 0 Å². The molecule has 1 heterocycles. The molecule has 0 amide bonds. The van der Waals surface area contributed by atoms with Crippen LogP contribution in [0, 0.1) is 0 Å². The van der Waals surface area contributed by atoms with Gasteiger partial charge in [-0.1, -0.05) is 30.3 Å². The van der Waals surface area contributed by atoms with Crippen LogP contribution in [0.15, 0.2) is 72.8 Å². The van der Waals surface area contributed by atoms with Gasteiger partial charge in [-0.05, 0) is 73.8 Å². The number of hydrogen-bond acceptors (Lipinski definition) is 2. The average Bonchev–Trinajstić information content (AvgIpc) is 3.12. The second-order valence-electron chi connectivity index (χ2n) is 7.39. The van der Waals surface area contributed by atoms with E-state index < -0.39 is 11.7 Å². The van der Waals surface area contributed by atoms with Crippen molar-refractivity contribution in [3.63, 3.8) is 0 Å². The summed E-state index contributed by atoms with van der Waals surface area (Å²) in [6, 6.07) is 20.8. The van der Waals surface area contributed by atoms with E-state index in [1.807, 2.05) is 54.6 Å². The highest BCUT2D eigenvalue weighted by Crippen LogP contribution is 2.40. The first kappa shape index (κ1) is 21.0. The molecule has 0 bridgehead atoms. The first-order chi connectivity index (χ1) is 15.0. The third kappa shape index (κ3) is 4.59. The van der Waals surface area contributed by atoms with Crippen LogP contribution >= 0.6 is 0 Å². The van der Waals surface area contributed by atoms with Crippen LogP contribution < -0.4 is 10.5 Å². The summed E-state index contributed by atoms with van der Waals surface area (Å²) in [6.45, 7) is 0.541. The maximum Gasteiger partial charge on any atom is 0.416 e. The molecule has 0 aliphatic rings. The molecule has 3 aromatic carbocycles. The third-order valence-corrected chi connectivity index (χ3v) is 5.24. The fraction of sp³-hybridized carbons (Fsp3) is 0.200. The minimum Gasteiger partial charge on any atom is -0.457 e. The average molecular weight is 424 g/mol. The molecule has 0 spiro atoms. The molecule has 1 aromatic heterocycles. The molecule has 4 rings (SSSR count). The third-order valence-electron chi connectivity index (χ3n) is 5.24.